The van der Waals surface area contributed by atoms with E-state index >= 15 is 0 Å². The molecule has 2 aromatic carbocycles. The number of carboxylic acids is 1. The standard InChI is InChI=1S/C18H20O2/c1-14(10-11-18(19)20)12-15-6-5-9-17(13-15)16-7-3-2-4-8-16/h2-9,13-14H,10-12H2,1H3,(H,19,20). The lowest BCUT2D eigenvalue weighted by Gasteiger charge is -2.11. The van der Waals surface area contributed by atoms with Crippen LogP contribution in [0.25, 0.3) is 11.1 Å². The summed E-state index contributed by atoms with van der Waals surface area (Å²) in [5.74, 6) is -0.327. The molecular formula is C18H20O2. The van der Waals surface area contributed by atoms with Gasteiger partial charge in [-0.1, -0.05) is 61.5 Å². The van der Waals surface area contributed by atoms with E-state index in [2.05, 4.69) is 43.3 Å². The average molecular weight is 268 g/mol. The predicted octanol–water partition coefficient (Wildman–Crippen LogP) is 4.40. The number of hydrogen-bond donors (Lipinski definition) is 1. The summed E-state index contributed by atoms with van der Waals surface area (Å²) in [6.07, 6.45) is 1.90. The molecule has 0 amide bonds. The Kier molecular flexibility index (Phi) is 4.94. The van der Waals surface area contributed by atoms with E-state index in [1.165, 1.54) is 16.7 Å². The highest BCUT2D eigenvalue weighted by molar-refractivity contribution is 5.66. The molecule has 0 bridgehead atoms. The highest BCUT2D eigenvalue weighted by atomic mass is 16.4. The van der Waals surface area contributed by atoms with E-state index in [4.69, 9.17) is 5.11 Å². The maximum absolute atomic E-state index is 10.6. The van der Waals surface area contributed by atoms with Crippen molar-refractivity contribution < 1.29 is 9.90 Å². The minimum absolute atomic E-state index is 0.250. The van der Waals surface area contributed by atoms with E-state index in [1.807, 2.05) is 18.2 Å². The van der Waals surface area contributed by atoms with E-state index in [9.17, 15) is 4.79 Å². The smallest absolute Gasteiger partial charge is 0.303 e. The summed E-state index contributed by atoms with van der Waals surface area (Å²) in [7, 11) is 0. The van der Waals surface area contributed by atoms with E-state index in [0.717, 1.165) is 12.8 Å². The van der Waals surface area contributed by atoms with Gasteiger partial charge in [0.05, 0.1) is 0 Å². The molecule has 0 aliphatic heterocycles. The van der Waals surface area contributed by atoms with Crippen molar-refractivity contribution in [3.8, 4) is 11.1 Å². The van der Waals surface area contributed by atoms with Crippen LogP contribution in [-0.2, 0) is 11.2 Å². The first-order valence-corrected chi connectivity index (χ1v) is 7.01. The summed E-state index contributed by atoms with van der Waals surface area (Å²) < 4.78 is 0. The van der Waals surface area contributed by atoms with Crippen molar-refractivity contribution in [3.05, 3.63) is 60.2 Å². The van der Waals surface area contributed by atoms with Crippen molar-refractivity contribution in [1.29, 1.82) is 0 Å². The third kappa shape index (κ3) is 4.23. The summed E-state index contributed by atoms with van der Waals surface area (Å²) in [5, 5.41) is 8.72. The summed E-state index contributed by atoms with van der Waals surface area (Å²) in [6, 6.07) is 18.8. The molecule has 2 aromatic rings. The first-order chi connectivity index (χ1) is 9.65. The van der Waals surface area contributed by atoms with Gasteiger partial charge in [-0.25, -0.2) is 0 Å². The molecule has 0 aliphatic rings. The Morgan fingerprint density at radius 3 is 2.45 bits per heavy atom. The minimum Gasteiger partial charge on any atom is -0.481 e. The SMILES string of the molecule is CC(CCC(=O)O)Cc1cccc(-c2ccccc2)c1. The zero-order chi connectivity index (χ0) is 14.4. The first-order valence-electron chi connectivity index (χ1n) is 7.01. The molecule has 20 heavy (non-hydrogen) atoms. The lowest BCUT2D eigenvalue weighted by Crippen LogP contribution is -2.04. The van der Waals surface area contributed by atoms with Crippen molar-refractivity contribution in [1.82, 2.24) is 0 Å². The molecule has 2 nitrogen and oxygen atoms in total. The van der Waals surface area contributed by atoms with Gasteiger partial charge >= 0.3 is 5.97 Å². The molecule has 0 saturated heterocycles. The third-order valence-corrected chi connectivity index (χ3v) is 3.47. The van der Waals surface area contributed by atoms with Crippen molar-refractivity contribution in [2.75, 3.05) is 0 Å². The number of benzene rings is 2. The van der Waals surface area contributed by atoms with Gasteiger partial charge in [0.2, 0.25) is 0 Å². The number of aliphatic carboxylic acids is 1. The first kappa shape index (κ1) is 14.3. The van der Waals surface area contributed by atoms with Crippen LogP contribution < -0.4 is 0 Å². The zero-order valence-corrected chi connectivity index (χ0v) is 11.8. The minimum atomic E-state index is -0.713. The summed E-state index contributed by atoms with van der Waals surface area (Å²) in [4.78, 5) is 10.6. The molecule has 0 saturated carbocycles. The van der Waals surface area contributed by atoms with Gasteiger partial charge in [-0.2, -0.15) is 0 Å². The van der Waals surface area contributed by atoms with Crippen molar-refractivity contribution >= 4 is 5.97 Å². The maximum atomic E-state index is 10.6. The van der Waals surface area contributed by atoms with Gasteiger partial charge in [0, 0.05) is 6.42 Å². The van der Waals surface area contributed by atoms with Crippen LogP contribution in [0.15, 0.2) is 54.6 Å². The Bertz CT molecular complexity index is 561. The molecule has 1 N–H and O–H groups in total. The predicted molar refractivity (Wildman–Crippen MR) is 81.6 cm³/mol. The molecule has 104 valence electrons. The van der Waals surface area contributed by atoms with E-state index in [-0.39, 0.29) is 6.42 Å². The summed E-state index contributed by atoms with van der Waals surface area (Å²) in [5.41, 5.74) is 3.70. The molecule has 0 radical (unpaired) electrons. The van der Waals surface area contributed by atoms with E-state index in [0.29, 0.717) is 5.92 Å². The van der Waals surface area contributed by atoms with Crippen LogP contribution in [-0.4, -0.2) is 11.1 Å². The third-order valence-electron chi connectivity index (χ3n) is 3.47. The molecule has 2 rings (SSSR count). The average Bonchev–Trinajstić information content (AvgIpc) is 2.46. The topological polar surface area (TPSA) is 37.3 Å². The van der Waals surface area contributed by atoms with Gasteiger partial charge in [0.15, 0.2) is 0 Å². The number of carbonyl (C=O) groups is 1. The lowest BCUT2D eigenvalue weighted by molar-refractivity contribution is -0.137. The molecule has 0 aromatic heterocycles. The molecule has 0 fully saturated rings. The fourth-order valence-electron chi connectivity index (χ4n) is 2.38. The summed E-state index contributed by atoms with van der Waals surface area (Å²) in [6.45, 7) is 2.11. The largest absolute Gasteiger partial charge is 0.481 e. The fraction of sp³-hybridized carbons (Fsp3) is 0.278. The Morgan fingerprint density at radius 2 is 1.75 bits per heavy atom. The van der Waals surface area contributed by atoms with Crippen LogP contribution in [0.3, 0.4) is 0 Å². The van der Waals surface area contributed by atoms with Gasteiger partial charge in [0.1, 0.15) is 0 Å². The van der Waals surface area contributed by atoms with Crippen LogP contribution in [0.1, 0.15) is 25.3 Å². The van der Waals surface area contributed by atoms with Gasteiger partial charge in [-0.05, 0) is 35.4 Å². The van der Waals surface area contributed by atoms with Gasteiger partial charge in [-0.3, -0.25) is 4.79 Å². The fourth-order valence-corrected chi connectivity index (χ4v) is 2.38. The van der Waals surface area contributed by atoms with Crippen molar-refractivity contribution in [2.45, 2.75) is 26.2 Å². The molecule has 1 atom stereocenters. The number of rotatable bonds is 6. The van der Waals surface area contributed by atoms with Crippen molar-refractivity contribution in [3.63, 3.8) is 0 Å². The second-order valence-corrected chi connectivity index (χ2v) is 5.31. The number of hydrogen-bond acceptors (Lipinski definition) is 1. The molecule has 2 heteroatoms. The van der Waals surface area contributed by atoms with Crippen LogP contribution in [0.2, 0.25) is 0 Å². The van der Waals surface area contributed by atoms with Gasteiger partial charge in [-0.15, -0.1) is 0 Å². The molecule has 0 heterocycles. The number of carboxylic acid groups (broad SMARTS) is 1. The Hall–Kier alpha value is -2.09. The molecule has 0 spiro atoms. The van der Waals surface area contributed by atoms with E-state index < -0.39 is 5.97 Å². The highest BCUT2D eigenvalue weighted by Crippen LogP contribution is 2.22. The Morgan fingerprint density at radius 1 is 1.05 bits per heavy atom. The second kappa shape index (κ2) is 6.90. The second-order valence-electron chi connectivity index (χ2n) is 5.31. The zero-order valence-electron chi connectivity index (χ0n) is 11.8. The van der Waals surface area contributed by atoms with Crippen LogP contribution >= 0.6 is 0 Å². The quantitative estimate of drug-likeness (QED) is 0.843. The Balaban J connectivity index is 2.05. The molecule has 1 unspecified atom stereocenters. The Labute approximate surface area is 120 Å². The molecule has 0 aliphatic carbocycles. The van der Waals surface area contributed by atoms with Gasteiger partial charge < -0.3 is 5.11 Å². The normalized spacial score (nSPS) is 12.1. The van der Waals surface area contributed by atoms with E-state index in [1.54, 1.807) is 0 Å². The van der Waals surface area contributed by atoms with Crippen LogP contribution in [0.4, 0.5) is 0 Å². The monoisotopic (exact) mass is 268 g/mol. The van der Waals surface area contributed by atoms with Crippen LogP contribution in [0, 0.1) is 5.92 Å². The van der Waals surface area contributed by atoms with Crippen molar-refractivity contribution in [2.24, 2.45) is 5.92 Å². The maximum Gasteiger partial charge on any atom is 0.303 e. The summed E-state index contributed by atoms with van der Waals surface area (Å²) >= 11 is 0. The molecular weight excluding hydrogens is 248 g/mol. The highest BCUT2D eigenvalue weighted by Gasteiger charge is 2.07. The van der Waals surface area contributed by atoms with Gasteiger partial charge in [0.25, 0.3) is 0 Å². The lowest BCUT2D eigenvalue weighted by atomic mass is 9.94. The van der Waals surface area contributed by atoms with Crippen LogP contribution in [0.5, 0.6) is 0 Å².